The first-order valence-electron chi connectivity index (χ1n) is 16.0. The van der Waals surface area contributed by atoms with Crippen LogP contribution < -0.4 is 0 Å². The summed E-state index contributed by atoms with van der Waals surface area (Å²) in [5.74, 6) is 2.62. The second-order valence-electron chi connectivity index (χ2n) is 11.3. The van der Waals surface area contributed by atoms with E-state index < -0.39 is 23.9 Å². The lowest BCUT2D eigenvalue weighted by Gasteiger charge is -2.39. The quantitative estimate of drug-likeness (QED) is 0.0804. The Bertz CT molecular complexity index is 1510. The summed E-state index contributed by atoms with van der Waals surface area (Å²) in [5.41, 5.74) is 3.98. The van der Waals surface area contributed by atoms with Gasteiger partial charge in [0.2, 0.25) is 0 Å². The lowest BCUT2D eigenvalue weighted by Crippen LogP contribution is -2.47. The Kier molecular flexibility index (Phi) is 12.9. The van der Waals surface area contributed by atoms with Crippen LogP contribution >= 0.6 is 0 Å². The van der Waals surface area contributed by atoms with Crippen molar-refractivity contribution in [3.63, 3.8) is 0 Å². The molecule has 5 rings (SSSR count). The van der Waals surface area contributed by atoms with Crippen LogP contribution in [0.25, 0.3) is 0 Å². The molecule has 47 heavy (non-hydrogen) atoms. The number of aliphatic hydroxyl groups is 1. The van der Waals surface area contributed by atoms with Gasteiger partial charge in [-0.3, -0.25) is 0 Å². The summed E-state index contributed by atoms with van der Waals surface area (Å²) in [6, 6.07) is 50.5. The predicted molar refractivity (Wildman–Crippen MR) is 185 cm³/mol. The van der Waals surface area contributed by atoms with Crippen LogP contribution in [0.4, 0.5) is 0 Å². The van der Waals surface area contributed by atoms with Crippen LogP contribution in [-0.2, 0) is 37.8 Å². The first-order chi connectivity index (χ1) is 23.2. The molecule has 3 atom stereocenters. The summed E-state index contributed by atoms with van der Waals surface area (Å²) in [6.07, 6.45) is 4.29. The van der Waals surface area contributed by atoms with Gasteiger partial charge in [-0.2, -0.15) is 0 Å². The van der Waals surface area contributed by atoms with Crippen molar-refractivity contribution in [2.24, 2.45) is 0 Å². The molecule has 5 heteroatoms. The van der Waals surface area contributed by atoms with Gasteiger partial charge in [-0.05, 0) is 34.2 Å². The molecular formula is C42H42O5. The molecule has 0 saturated carbocycles. The minimum absolute atomic E-state index is 0.0543. The van der Waals surface area contributed by atoms with Crippen molar-refractivity contribution < 1.29 is 24.1 Å². The highest BCUT2D eigenvalue weighted by atomic mass is 16.6. The molecule has 0 radical (unpaired) electrons. The van der Waals surface area contributed by atoms with Gasteiger partial charge in [-0.15, -0.1) is 6.42 Å². The molecule has 0 heterocycles. The fraction of sp³-hybridized carbons (Fsp3) is 0.238. The van der Waals surface area contributed by atoms with Gasteiger partial charge in [0.25, 0.3) is 0 Å². The van der Waals surface area contributed by atoms with E-state index in [0.29, 0.717) is 19.6 Å². The number of aliphatic hydroxyl groups excluding tert-OH is 1. The average Bonchev–Trinajstić information content (AvgIpc) is 3.14. The van der Waals surface area contributed by atoms with Crippen LogP contribution in [0.5, 0.6) is 0 Å². The fourth-order valence-electron chi connectivity index (χ4n) is 5.84. The molecule has 5 aromatic carbocycles. The van der Waals surface area contributed by atoms with Gasteiger partial charge < -0.3 is 24.1 Å². The van der Waals surface area contributed by atoms with E-state index in [1.165, 1.54) is 0 Å². The van der Waals surface area contributed by atoms with E-state index in [4.69, 9.17) is 25.4 Å². The lowest BCUT2D eigenvalue weighted by molar-refractivity contribution is -0.172. The molecule has 0 aliphatic carbocycles. The van der Waals surface area contributed by atoms with Crippen LogP contribution in [0.2, 0.25) is 0 Å². The van der Waals surface area contributed by atoms with Gasteiger partial charge in [0.1, 0.15) is 24.4 Å². The van der Waals surface area contributed by atoms with E-state index in [0.717, 1.165) is 27.8 Å². The molecular weight excluding hydrogens is 584 g/mol. The fourth-order valence-corrected chi connectivity index (χ4v) is 5.84. The van der Waals surface area contributed by atoms with Gasteiger partial charge in [-0.25, -0.2) is 0 Å². The molecule has 0 amide bonds. The maximum atomic E-state index is 10.2. The number of hydrogen-bond donors (Lipinski definition) is 1. The van der Waals surface area contributed by atoms with Crippen molar-refractivity contribution in [2.75, 3.05) is 19.8 Å². The zero-order valence-corrected chi connectivity index (χ0v) is 26.6. The molecule has 0 saturated heterocycles. The maximum absolute atomic E-state index is 10.2. The number of hydrogen-bond acceptors (Lipinski definition) is 5. The van der Waals surface area contributed by atoms with Gasteiger partial charge in [0.15, 0.2) is 0 Å². The SMILES string of the molecule is C#CCO[C@H](COC(c1ccccc1)(c1ccccc1)c1ccccc1)[C@@H](OCc1ccccc1)[C@@H](CCO)OCc1ccccc1. The second-order valence-corrected chi connectivity index (χ2v) is 11.3. The van der Waals surface area contributed by atoms with Crippen molar-refractivity contribution in [1.29, 1.82) is 0 Å². The summed E-state index contributed by atoms with van der Waals surface area (Å²) < 4.78 is 26.7. The van der Waals surface area contributed by atoms with Gasteiger partial charge >= 0.3 is 0 Å². The summed E-state index contributed by atoms with van der Waals surface area (Å²) >= 11 is 0. The molecule has 0 aliphatic heterocycles. The molecule has 0 bridgehead atoms. The maximum Gasteiger partial charge on any atom is 0.143 e. The second kappa shape index (κ2) is 18.0. The third kappa shape index (κ3) is 9.05. The molecule has 5 aromatic rings. The van der Waals surface area contributed by atoms with Crippen molar-refractivity contribution in [2.45, 2.75) is 43.5 Å². The van der Waals surface area contributed by atoms with Crippen LogP contribution in [0.3, 0.4) is 0 Å². The number of rotatable bonds is 18. The topological polar surface area (TPSA) is 57.2 Å². The largest absolute Gasteiger partial charge is 0.396 e. The van der Waals surface area contributed by atoms with Crippen LogP contribution in [0.1, 0.15) is 34.2 Å². The van der Waals surface area contributed by atoms with E-state index in [2.05, 4.69) is 42.3 Å². The van der Waals surface area contributed by atoms with E-state index in [9.17, 15) is 5.11 Å². The first-order valence-corrected chi connectivity index (χ1v) is 16.0. The Morgan fingerprint density at radius 3 is 1.40 bits per heavy atom. The number of terminal acetylenes is 1. The molecule has 0 spiro atoms. The van der Waals surface area contributed by atoms with Crippen molar-refractivity contribution in [3.8, 4) is 12.3 Å². The Morgan fingerprint density at radius 2 is 0.979 bits per heavy atom. The smallest absolute Gasteiger partial charge is 0.143 e. The summed E-state index contributed by atoms with van der Waals surface area (Å²) in [4.78, 5) is 0. The highest BCUT2D eigenvalue weighted by molar-refractivity contribution is 5.47. The van der Waals surface area contributed by atoms with E-state index in [1.54, 1.807) is 0 Å². The zero-order valence-electron chi connectivity index (χ0n) is 26.6. The Balaban J connectivity index is 1.54. The number of benzene rings is 5. The van der Waals surface area contributed by atoms with E-state index in [-0.39, 0.29) is 19.8 Å². The van der Waals surface area contributed by atoms with Crippen LogP contribution in [0, 0.1) is 12.3 Å². The Morgan fingerprint density at radius 1 is 0.553 bits per heavy atom. The molecule has 0 aliphatic rings. The monoisotopic (exact) mass is 626 g/mol. The van der Waals surface area contributed by atoms with Crippen LogP contribution in [-0.4, -0.2) is 43.2 Å². The molecule has 240 valence electrons. The normalized spacial score (nSPS) is 13.4. The molecule has 1 N–H and O–H groups in total. The molecule has 0 fully saturated rings. The zero-order chi connectivity index (χ0) is 32.6. The molecule has 0 unspecified atom stereocenters. The van der Waals surface area contributed by atoms with Gasteiger partial charge in [0, 0.05) is 6.61 Å². The highest BCUT2D eigenvalue weighted by Crippen LogP contribution is 2.41. The van der Waals surface area contributed by atoms with E-state index in [1.807, 2.05) is 115 Å². The Labute approximate surface area is 278 Å². The van der Waals surface area contributed by atoms with Crippen molar-refractivity contribution >= 4 is 0 Å². The van der Waals surface area contributed by atoms with Crippen molar-refractivity contribution in [1.82, 2.24) is 0 Å². The average molecular weight is 627 g/mol. The van der Waals surface area contributed by atoms with Crippen molar-refractivity contribution in [3.05, 3.63) is 179 Å². The molecule has 0 aromatic heterocycles. The Hall–Kier alpha value is -4.54. The minimum Gasteiger partial charge on any atom is -0.396 e. The number of ether oxygens (including phenoxy) is 4. The predicted octanol–water partition coefficient (Wildman–Crippen LogP) is 7.57. The first kappa shape index (κ1) is 33.8. The summed E-state index contributed by atoms with van der Waals surface area (Å²) in [5, 5.41) is 10.2. The lowest BCUT2D eigenvalue weighted by atomic mass is 9.80. The third-order valence-corrected chi connectivity index (χ3v) is 8.12. The van der Waals surface area contributed by atoms with Gasteiger partial charge in [0.05, 0.1) is 25.9 Å². The van der Waals surface area contributed by atoms with E-state index >= 15 is 0 Å². The van der Waals surface area contributed by atoms with Crippen LogP contribution in [0.15, 0.2) is 152 Å². The summed E-state index contributed by atoms with van der Waals surface area (Å²) in [6.45, 7) is 0.755. The highest BCUT2D eigenvalue weighted by Gasteiger charge is 2.40. The third-order valence-electron chi connectivity index (χ3n) is 8.12. The molecule has 5 nitrogen and oxygen atoms in total. The summed E-state index contributed by atoms with van der Waals surface area (Å²) in [7, 11) is 0. The van der Waals surface area contributed by atoms with Gasteiger partial charge in [-0.1, -0.05) is 158 Å². The minimum atomic E-state index is -0.969. The standard InChI is InChI=1S/C42H42O5/c1-2-30-44-40(41(46-32-35-20-10-4-11-21-35)39(28-29-43)45-31-34-18-8-3-9-19-34)33-47-42(36-22-12-5-13-23-36,37-24-14-6-15-25-37)38-26-16-7-17-27-38/h1,3-27,39-41,43H,28-33H2/t39-,40-,41+/m1/s1.